The molecule has 2 heteroatoms. The van der Waals surface area contributed by atoms with Crippen LogP contribution in [0.5, 0.6) is 0 Å². The Labute approximate surface area is 126 Å². The molecule has 0 aliphatic carbocycles. The Kier molecular flexibility index (Phi) is 4.05. The zero-order valence-electron chi connectivity index (χ0n) is 12.5. The summed E-state index contributed by atoms with van der Waals surface area (Å²) in [5, 5.41) is 0. The van der Waals surface area contributed by atoms with Gasteiger partial charge in [0.15, 0.2) is 0 Å². The number of hydrogen-bond acceptors (Lipinski definition) is 2. The Morgan fingerprint density at radius 2 is 1.81 bits per heavy atom. The van der Waals surface area contributed by atoms with Crippen molar-refractivity contribution >= 4 is 11.5 Å². The highest BCUT2D eigenvalue weighted by molar-refractivity contribution is 5.79. The number of carbonyl (C=O) groups is 1. The lowest BCUT2D eigenvalue weighted by atomic mass is 9.89. The number of benzene rings is 2. The molecular formula is C19H21NO. The predicted octanol–water partition coefficient (Wildman–Crippen LogP) is 4.16. The van der Waals surface area contributed by atoms with Crippen LogP contribution in [0.15, 0.2) is 54.6 Å². The highest BCUT2D eigenvalue weighted by atomic mass is 16.1. The smallest absolute Gasteiger partial charge is 0.135 e. The van der Waals surface area contributed by atoms with Crippen LogP contribution in [0, 0.1) is 0 Å². The minimum absolute atomic E-state index is 0.171. The van der Waals surface area contributed by atoms with E-state index in [2.05, 4.69) is 53.4 Å². The number of rotatable bonds is 4. The predicted molar refractivity (Wildman–Crippen MR) is 86.6 cm³/mol. The van der Waals surface area contributed by atoms with Gasteiger partial charge in [0.1, 0.15) is 5.78 Å². The lowest BCUT2D eigenvalue weighted by molar-refractivity contribution is -0.119. The van der Waals surface area contributed by atoms with Crippen LogP contribution in [-0.2, 0) is 11.2 Å². The SMILES string of the molecule is CCC(=O)CC1c2ccccc2CCN1c1ccccc1. The highest BCUT2D eigenvalue weighted by Crippen LogP contribution is 2.36. The molecule has 21 heavy (non-hydrogen) atoms. The number of nitrogens with zero attached hydrogens (tertiary/aromatic N) is 1. The van der Waals surface area contributed by atoms with Crippen LogP contribution < -0.4 is 4.90 Å². The van der Waals surface area contributed by atoms with E-state index in [9.17, 15) is 4.79 Å². The molecule has 2 aromatic carbocycles. The van der Waals surface area contributed by atoms with Crippen LogP contribution in [-0.4, -0.2) is 12.3 Å². The first-order chi connectivity index (χ1) is 10.3. The molecular weight excluding hydrogens is 258 g/mol. The zero-order valence-corrected chi connectivity index (χ0v) is 12.5. The third-order valence-corrected chi connectivity index (χ3v) is 4.32. The molecule has 2 nitrogen and oxygen atoms in total. The van der Waals surface area contributed by atoms with Crippen LogP contribution in [0.3, 0.4) is 0 Å². The van der Waals surface area contributed by atoms with E-state index in [1.807, 2.05) is 13.0 Å². The number of hydrogen-bond donors (Lipinski definition) is 0. The van der Waals surface area contributed by atoms with Crippen molar-refractivity contribution in [3.8, 4) is 0 Å². The number of carbonyl (C=O) groups excluding carboxylic acids is 1. The number of anilines is 1. The van der Waals surface area contributed by atoms with Crippen LogP contribution in [0.2, 0.25) is 0 Å². The van der Waals surface area contributed by atoms with Crippen LogP contribution >= 0.6 is 0 Å². The van der Waals surface area contributed by atoms with Gasteiger partial charge >= 0.3 is 0 Å². The van der Waals surface area contributed by atoms with Gasteiger partial charge in [0.2, 0.25) is 0 Å². The van der Waals surface area contributed by atoms with Gasteiger partial charge in [-0.05, 0) is 29.7 Å². The summed E-state index contributed by atoms with van der Waals surface area (Å²) in [5.74, 6) is 0.331. The zero-order chi connectivity index (χ0) is 14.7. The Balaban J connectivity index is 1.98. The standard InChI is InChI=1S/C19H21NO/c1-2-17(21)14-19-18-11-7-6-8-15(18)12-13-20(19)16-9-4-3-5-10-16/h3-11,19H,2,12-14H2,1H3. The first kappa shape index (κ1) is 13.9. The van der Waals surface area contributed by atoms with Crippen molar-refractivity contribution < 1.29 is 4.79 Å². The molecule has 0 N–H and O–H groups in total. The van der Waals surface area contributed by atoms with E-state index in [0.29, 0.717) is 18.6 Å². The molecule has 2 aromatic rings. The van der Waals surface area contributed by atoms with Gasteiger partial charge in [-0.1, -0.05) is 49.4 Å². The van der Waals surface area contributed by atoms with Crippen molar-refractivity contribution in [1.29, 1.82) is 0 Å². The summed E-state index contributed by atoms with van der Waals surface area (Å²) in [6, 6.07) is 19.2. The van der Waals surface area contributed by atoms with E-state index in [0.717, 1.165) is 13.0 Å². The molecule has 1 aliphatic rings. The van der Waals surface area contributed by atoms with Gasteiger partial charge in [-0.25, -0.2) is 0 Å². The van der Waals surface area contributed by atoms with Crippen molar-refractivity contribution in [3.05, 3.63) is 65.7 Å². The molecule has 1 heterocycles. The Morgan fingerprint density at radius 3 is 2.57 bits per heavy atom. The lowest BCUT2D eigenvalue weighted by Crippen LogP contribution is -2.36. The minimum Gasteiger partial charge on any atom is -0.364 e. The highest BCUT2D eigenvalue weighted by Gasteiger charge is 2.28. The second kappa shape index (κ2) is 6.13. The summed E-state index contributed by atoms with van der Waals surface area (Å²) >= 11 is 0. The minimum atomic E-state index is 0.171. The number of Topliss-reactive ketones (excluding diaryl/α,β-unsaturated/α-hetero) is 1. The van der Waals surface area contributed by atoms with Gasteiger partial charge in [0, 0.05) is 25.1 Å². The quantitative estimate of drug-likeness (QED) is 0.837. The molecule has 0 saturated heterocycles. The second-order valence-corrected chi connectivity index (χ2v) is 5.59. The van der Waals surface area contributed by atoms with Crippen molar-refractivity contribution in [1.82, 2.24) is 0 Å². The van der Waals surface area contributed by atoms with E-state index in [4.69, 9.17) is 0 Å². The van der Waals surface area contributed by atoms with Crippen molar-refractivity contribution in [2.75, 3.05) is 11.4 Å². The first-order valence-electron chi connectivity index (χ1n) is 7.70. The summed E-state index contributed by atoms with van der Waals surface area (Å²) in [6.07, 6.45) is 2.26. The monoisotopic (exact) mass is 279 g/mol. The molecule has 1 atom stereocenters. The average Bonchev–Trinajstić information content (AvgIpc) is 2.56. The number of fused-ring (bicyclic) bond motifs is 1. The molecule has 0 aromatic heterocycles. The van der Waals surface area contributed by atoms with Gasteiger partial charge in [-0.3, -0.25) is 4.79 Å². The summed E-state index contributed by atoms with van der Waals surface area (Å²) in [6.45, 7) is 2.92. The fraction of sp³-hybridized carbons (Fsp3) is 0.316. The van der Waals surface area contributed by atoms with E-state index < -0.39 is 0 Å². The van der Waals surface area contributed by atoms with Crippen molar-refractivity contribution in [3.63, 3.8) is 0 Å². The molecule has 108 valence electrons. The molecule has 0 bridgehead atoms. The fourth-order valence-electron chi connectivity index (χ4n) is 3.16. The molecule has 1 unspecified atom stereocenters. The Morgan fingerprint density at radius 1 is 1.10 bits per heavy atom. The average molecular weight is 279 g/mol. The van der Waals surface area contributed by atoms with Crippen molar-refractivity contribution in [2.45, 2.75) is 32.2 Å². The largest absolute Gasteiger partial charge is 0.364 e. The lowest BCUT2D eigenvalue weighted by Gasteiger charge is -2.39. The van der Waals surface area contributed by atoms with E-state index >= 15 is 0 Å². The van der Waals surface area contributed by atoms with E-state index in [1.54, 1.807) is 0 Å². The summed E-state index contributed by atoms with van der Waals surface area (Å²) in [5.41, 5.74) is 3.91. The number of ketones is 1. The van der Waals surface area contributed by atoms with Crippen LogP contribution in [0.1, 0.15) is 36.9 Å². The molecule has 0 amide bonds. The summed E-state index contributed by atoms with van der Waals surface area (Å²) < 4.78 is 0. The topological polar surface area (TPSA) is 20.3 Å². The Hall–Kier alpha value is -2.09. The van der Waals surface area contributed by atoms with Crippen LogP contribution in [0.25, 0.3) is 0 Å². The number of para-hydroxylation sites is 1. The maximum atomic E-state index is 12.0. The molecule has 0 saturated carbocycles. The molecule has 1 aliphatic heterocycles. The third kappa shape index (κ3) is 2.85. The molecule has 3 rings (SSSR count). The molecule has 0 spiro atoms. The molecule has 0 radical (unpaired) electrons. The fourth-order valence-corrected chi connectivity index (χ4v) is 3.16. The normalized spacial score (nSPS) is 17.4. The van der Waals surface area contributed by atoms with Crippen LogP contribution in [0.4, 0.5) is 5.69 Å². The third-order valence-electron chi connectivity index (χ3n) is 4.32. The van der Waals surface area contributed by atoms with Crippen molar-refractivity contribution in [2.24, 2.45) is 0 Å². The Bertz CT molecular complexity index is 620. The summed E-state index contributed by atoms with van der Waals surface area (Å²) in [4.78, 5) is 14.4. The van der Waals surface area contributed by atoms with Gasteiger partial charge in [0.25, 0.3) is 0 Å². The maximum Gasteiger partial charge on any atom is 0.135 e. The maximum absolute atomic E-state index is 12.0. The van der Waals surface area contributed by atoms with Gasteiger partial charge in [-0.2, -0.15) is 0 Å². The van der Waals surface area contributed by atoms with Gasteiger partial charge in [0.05, 0.1) is 6.04 Å². The van der Waals surface area contributed by atoms with E-state index in [-0.39, 0.29) is 6.04 Å². The van der Waals surface area contributed by atoms with Gasteiger partial charge < -0.3 is 4.90 Å². The first-order valence-corrected chi connectivity index (χ1v) is 7.70. The summed E-state index contributed by atoms with van der Waals surface area (Å²) in [7, 11) is 0. The second-order valence-electron chi connectivity index (χ2n) is 5.59. The molecule has 0 fully saturated rings. The van der Waals surface area contributed by atoms with E-state index in [1.165, 1.54) is 16.8 Å². The van der Waals surface area contributed by atoms with Gasteiger partial charge in [-0.15, -0.1) is 0 Å².